The molecule has 0 radical (unpaired) electrons. The molecule has 0 N–H and O–H groups in total. The predicted octanol–water partition coefficient (Wildman–Crippen LogP) is 1.40. The van der Waals surface area contributed by atoms with Gasteiger partial charge >= 0.3 is 0 Å². The quantitative estimate of drug-likeness (QED) is 0.858. The Morgan fingerprint density at radius 1 is 1.38 bits per heavy atom. The minimum absolute atomic E-state index is 0.0108. The van der Waals surface area contributed by atoms with Gasteiger partial charge in [0.2, 0.25) is 5.91 Å². The second kappa shape index (κ2) is 5.27. The number of carbonyl (C=O) groups excluding carboxylic acids is 1. The summed E-state index contributed by atoms with van der Waals surface area (Å²) in [5.41, 5.74) is -0.0329. The number of hydrogen-bond donors (Lipinski definition) is 0. The number of hydrogen-bond acceptors (Lipinski definition) is 3. The molecule has 1 amide bonds. The Balaban J connectivity index is 1.92. The first-order chi connectivity index (χ1) is 10.1. The molecule has 3 rings (SSSR count). The maximum atomic E-state index is 13.8. The van der Waals surface area contributed by atoms with Gasteiger partial charge in [-0.3, -0.25) is 14.2 Å². The fourth-order valence-electron chi connectivity index (χ4n) is 2.85. The lowest BCUT2D eigenvalue weighted by molar-refractivity contribution is -0.127. The van der Waals surface area contributed by atoms with Gasteiger partial charge in [0, 0.05) is 32.0 Å². The molecule has 1 aliphatic rings. The van der Waals surface area contributed by atoms with Crippen molar-refractivity contribution in [2.45, 2.75) is 19.9 Å². The number of aromatic nitrogens is 2. The third kappa shape index (κ3) is 2.41. The van der Waals surface area contributed by atoms with Gasteiger partial charge in [0.05, 0.1) is 11.8 Å². The molecule has 0 bridgehead atoms. The summed E-state index contributed by atoms with van der Waals surface area (Å²) in [4.78, 5) is 30.0. The van der Waals surface area contributed by atoms with Gasteiger partial charge in [0.25, 0.3) is 5.56 Å². The summed E-state index contributed by atoms with van der Waals surface area (Å²) < 4.78 is 15.2. The lowest BCUT2D eigenvalue weighted by Gasteiger charge is -2.14. The van der Waals surface area contributed by atoms with Crippen molar-refractivity contribution >= 4 is 16.8 Å². The first-order valence-electron chi connectivity index (χ1n) is 7.01. The van der Waals surface area contributed by atoms with Crippen molar-refractivity contribution in [3.63, 3.8) is 0 Å². The van der Waals surface area contributed by atoms with Gasteiger partial charge in [-0.2, -0.15) is 0 Å². The summed E-state index contributed by atoms with van der Waals surface area (Å²) in [6.45, 7) is 3.63. The molecule has 110 valence electrons. The normalized spacial score (nSPS) is 18.7. The first kappa shape index (κ1) is 13.7. The van der Waals surface area contributed by atoms with E-state index < -0.39 is 5.82 Å². The van der Waals surface area contributed by atoms with Crippen LogP contribution in [-0.2, 0) is 11.3 Å². The van der Waals surface area contributed by atoms with E-state index in [0.29, 0.717) is 31.6 Å². The predicted molar refractivity (Wildman–Crippen MR) is 76.3 cm³/mol. The molecule has 2 aromatic rings. The monoisotopic (exact) mass is 289 g/mol. The second-order valence-corrected chi connectivity index (χ2v) is 5.34. The molecule has 0 aliphatic carbocycles. The highest BCUT2D eigenvalue weighted by Crippen LogP contribution is 2.19. The zero-order valence-electron chi connectivity index (χ0n) is 11.8. The smallest absolute Gasteiger partial charge is 0.264 e. The van der Waals surface area contributed by atoms with E-state index in [1.807, 2.05) is 6.92 Å². The van der Waals surface area contributed by atoms with Crippen LogP contribution in [0.15, 0.2) is 29.3 Å². The summed E-state index contributed by atoms with van der Waals surface area (Å²) >= 11 is 0. The van der Waals surface area contributed by atoms with Crippen LogP contribution in [0.5, 0.6) is 0 Å². The molecule has 1 aromatic heterocycles. The van der Waals surface area contributed by atoms with E-state index in [2.05, 4.69) is 4.98 Å². The van der Waals surface area contributed by atoms with Crippen LogP contribution in [0.3, 0.4) is 0 Å². The highest BCUT2D eigenvalue weighted by molar-refractivity contribution is 5.79. The molecule has 2 heterocycles. The molecular formula is C15H16FN3O2. The van der Waals surface area contributed by atoms with E-state index >= 15 is 0 Å². The summed E-state index contributed by atoms with van der Waals surface area (Å²) in [7, 11) is 0. The summed E-state index contributed by atoms with van der Waals surface area (Å²) in [6, 6.07) is 4.40. The van der Waals surface area contributed by atoms with Crippen LogP contribution < -0.4 is 5.56 Å². The van der Waals surface area contributed by atoms with Gasteiger partial charge in [-0.15, -0.1) is 0 Å². The van der Waals surface area contributed by atoms with Crippen molar-refractivity contribution in [2.24, 2.45) is 5.92 Å². The highest BCUT2D eigenvalue weighted by Gasteiger charge is 2.28. The number of nitrogens with zero attached hydrogens (tertiary/aromatic N) is 3. The van der Waals surface area contributed by atoms with Crippen molar-refractivity contribution in [1.29, 1.82) is 0 Å². The van der Waals surface area contributed by atoms with Crippen LogP contribution in [0.1, 0.15) is 13.3 Å². The zero-order chi connectivity index (χ0) is 15.0. The third-order valence-electron chi connectivity index (χ3n) is 3.93. The maximum Gasteiger partial charge on any atom is 0.264 e. The molecule has 0 saturated carbocycles. The van der Waals surface area contributed by atoms with E-state index in [4.69, 9.17) is 0 Å². The Kier molecular flexibility index (Phi) is 3.45. The maximum absolute atomic E-state index is 13.8. The largest absolute Gasteiger partial charge is 0.343 e. The molecule has 1 fully saturated rings. The van der Waals surface area contributed by atoms with Gasteiger partial charge in [0.15, 0.2) is 0 Å². The number of amides is 1. The summed E-state index contributed by atoms with van der Waals surface area (Å²) in [6.07, 6.45) is 1.86. The second-order valence-electron chi connectivity index (χ2n) is 5.34. The van der Waals surface area contributed by atoms with Crippen LogP contribution >= 0.6 is 0 Å². The van der Waals surface area contributed by atoms with Crippen LogP contribution in [0, 0.1) is 11.7 Å². The van der Waals surface area contributed by atoms with Gasteiger partial charge in [-0.1, -0.05) is 6.07 Å². The van der Waals surface area contributed by atoms with Crippen molar-refractivity contribution in [3.05, 3.63) is 40.7 Å². The zero-order valence-corrected chi connectivity index (χ0v) is 11.8. The topological polar surface area (TPSA) is 55.2 Å². The van der Waals surface area contributed by atoms with Crippen LogP contribution in [0.2, 0.25) is 0 Å². The molecule has 21 heavy (non-hydrogen) atoms. The van der Waals surface area contributed by atoms with Crippen LogP contribution in [0.4, 0.5) is 4.39 Å². The van der Waals surface area contributed by atoms with Crippen LogP contribution in [-0.4, -0.2) is 33.4 Å². The van der Waals surface area contributed by atoms with Crippen LogP contribution in [0.25, 0.3) is 10.9 Å². The number of benzene rings is 1. The fraction of sp³-hybridized carbons (Fsp3) is 0.400. The molecule has 1 aliphatic heterocycles. The Bertz CT molecular complexity index is 756. The highest BCUT2D eigenvalue weighted by atomic mass is 19.1. The van der Waals surface area contributed by atoms with E-state index in [9.17, 15) is 14.0 Å². The SMILES string of the molecule is CCN1C[C@@H](Cn2cnc3cccc(F)c3c2=O)CC1=O. The van der Waals surface area contributed by atoms with E-state index in [1.165, 1.54) is 23.0 Å². The lowest BCUT2D eigenvalue weighted by atomic mass is 10.1. The Morgan fingerprint density at radius 2 is 2.19 bits per heavy atom. The summed E-state index contributed by atoms with van der Waals surface area (Å²) in [5, 5.41) is 0.0108. The minimum atomic E-state index is -0.558. The molecule has 1 atom stereocenters. The van der Waals surface area contributed by atoms with Crippen molar-refractivity contribution in [1.82, 2.24) is 14.5 Å². The summed E-state index contributed by atoms with van der Waals surface area (Å²) in [5.74, 6) is -0.381. The molecule has 1 saturated heterocycles. The van der Waals surface area contributed by atoms with Crippen molar-refractivity contribution < 1.29 is 9.18 Å². The molecular weight excluding hydrogens is 273 g/mol. The first-order valence-corrected chi connectivity index (χ1v) is 7.01. The Hall–Kier alpha value is -2.24. The lowest BCUT2D eigenvalue weighted by Crippen LogP contribution is -2.27. The van der Waals surface area contributed by atoms with E-state index in [0.717, 1.165) is 0 Å². The standard InChI is InChI=1S/C15H16FN3O2/c1-2-18-7-10(6-13(18)20)8-19-9-17-12-5-3-4-11(16)14(12)15(19)21/h3-5,9-10H,2,6-8H2,1H3/t10-/m0/s1. The Labute approximate surface area is 121 Å². The molecule has 6 heteroatoms. The minimum Gasteiger partial charge on any atom is -0.343 e. The van der Waals surface area contributed by atoms with Gasteiger partial charge in [-0.25, -0.2) is 9.37 Å². The van der Waals surface area contributed by atoms with Crippen molar-refractivity contribution in [3.8, 4) is 0 Å². The number of rotatable bonds is 3. The molecule has 0 unspecified atom stereocenters. The van der Waals surface area contributed by atoms with Crippen molar-refractivity contribution in [2.75, 3.05) is 13.1 Å². The molecule has 5 nitrogen and oxygen atoms in total. The average Bonchev–Trinajstić information content (AvgIpc) is 2.82. The molecule has 0 spiro atoms. The number of halogens is 1. The Morgan fingerprint density at radius 3 is 2.90 bits per heavy atom. The third-order valence-corrected chi connectivity index (χ3v) is 3.93. The number of likely N-dealkylation sites (tertiary alicyclic amines) is 1. The number of fused-ring (bicyclic) bond motifs is 1. The molecule has 1 aromatic carbocycles. The van der Waals surface area contributed by atoms with E-state index in [1.54, 1.807) is 11.0 Å². The van der Waals surface area contributed by atoms with Gasteiger partial charge < -0.3 is 4.90 Å². The van der Waals surface area contributed by atoms with Gasteiger partial charge in [-0.05, 0) is 19.1 Å². The fourth-order valence-corrected chi connectivity index (χ4v) is 2.85. The number of carbonyl (C=O) groups is 1. The average molecular weight is 289 g/mol. The van der Waals surface area contributed by atoms with Gasteiger partial charge in [0.1, 0.15) is 11.2 Å². The van der Waals surface area contributed by atoms with E-state index in [-0.39, 0.29) is 22.8 Å².